The Kier molecular flexibility index (Phi) is 4.95. The fourth-order valence-corrected chi connectivity index (χ4v) is 1.95. The second-order valence-electron chi connectivity index (χ2n) is 4.32. The van der Waals surface area contributed by atoms with Gasteiger partial charge in [-0.15, -0.1) is 0 Å². The SMILES string of the molecule is CCOC(=O)CCn1ccc(C(=O)O)c1C(C)C. The van der Waals surface area contributed by atoms with E-state index in [4.69, 9.17) is 9.84 Å². The van der Waals surface area contributed by atoms with Crippen molar-refractivity contribution in [2.75, 3.05) is 6.61 Å². The van der Waals surface area contributed by atoms with Crippen LogP contribution in [0.1, 0.15) is 49.2 Å². The van der Waals surface area contributed by atoms with Gasteiger partial charge < -0.3 is 14.4 Å². The highest BCUT2D eigenvalue weighted by atomic mass is 16.5. The summed E-state index contributed by atoms with van der Waals surface area (Å²) in [4.78, 5) is 22.4. The number of rotatable bonds is 6. The fraction of sp³-hybridized carbons (Fsp3) is 0.538. The summed E-state index contributed by atoms with van der Waals surface area (Å²) >= 11 is 0. The molecule has 1 aromatic rings. The van der Waals surface area contributed by atoms with E-state index in [0.717, 1.165) is 5.69 Å². The molecule has 0 aliphatic heterocycles. The first kappa shape index (κ1) is 14.3. The third-order valence-electron chi connectivity index (χ3n) is 2.65. The van der Waals surface area contributed by atoms with Crippen molar-refractivity contribution in [3.05, 3.63) is 23.5 Å². The number of carbonyl (C=O) groups excluding carboxylic acids is 1. The van der Waals surface area contributed by atoms with Crippen LogP contribution in [0.5, 0.6) is 0 Å². The quantitative estimate of drug-likeness (QED) is 0.789. The summed E-state index contributed by atoms with van der Waals surface area (Å²) in [5.41, 5.74) is 1.04. The van der Waals surface area contributed by atoms with E-state index in [0.29, 0.717) is 18.7 Å². The van der Waals surface area contributed by atoms with Crippen LogP contribution in [0.15, 0.2) is 12.3 Å². The van der Waals surface area contributed by atoms with Crippen LogP contribution in [-0.4, -0.2) is 28.2 Å². The number of hydrogen-bond donors (Lipinski definition) is 1. The Hall–Kier alpha value is -1.78. The molecular weight excluding hydrogens is 234 g/mol. The van der Waals surface area contributed by atoms with E-state index in [1.807, 2.05) is 18.4 Å². The van der Waals surface area contributed by atoms with Gasteiger partial charge in [0.05, 0.1) is 18.6 Å². The van der Waals surface area contributed by atoms with Gasteiger partial charge >= 0.3 is 11.9 Å². The van der Waals surface area contributed by atoms with Crippen LogP contribution in [0.4, 0.5) is 0 Å². The molecule has 0 bridgehead atoms. The number of ether oxygens (including phenoxy) is 1. The summed E-state index contributed by atoms with van der Waals surface area (Å²) in [6.45, 7) is 6.43. The van der Waals surface area contributed by atoms with E-state index in [-0.39, 0.29) is 18.3 Å². The normalized spacial score (nSPS) is 10.7. The topological polar surface area (TPSA) is 68.5 Å². The molecule has 1 N–H and O–H groups in total. The van der Waals surface area contributed by atoms with E-state index < -0.39 is 5.97 Å². The van der Waals surface area contributed by atoms with Crippen LogP contribution < -0.4 is 0 Å². The minimum absolute atomic E-state index is 0.0910. The second-order valence-corrected chi connectivity index (χ2v) is 4.32. The third-order valence-corrected chi connectivity index (χ3v) is 2.65. The van der Waals surface area contributed by atoms with Crippen molar-refractivity contribution >= 4 is 11.9 Å². The molecule has 18 heavy (non-hydrogen) atoms. The van der Waals surface area contributed by atoms with Crippen molar-refractivity contribution in [2.24, 2.45) is 0 Å². The first-order valence-corrected chi connectivity index (χ1v) is 6.05. The van der Waals surface area contributed by atoms with Gasteiger partial charge in [-0.05, 0) is 18.9 Å². The van der Waals surface area contributed by atoms with E-state index >= 15 is 0 Å². The number of aryl methyl sites for hydroxylation is 1. The first-order chi connectivity index (χ1) is 8.47. The molecule has 0 aromatic carbocycles. The van der Waals surface area contributed by atoms with Gasteiger partial charge in [0.25, 0.3) is 0 Å². The van der Waals surface area contributed by atoms with Crippen molar-refractivity contribution in [3.8, 4) is 0 Å². The van der Waals surface area contributed by atoms with Crippen LogP contribution in [0, 0.1) is 0 Å². The molecule has 0 aliphatic carbocycles. The summed E-state index contributed by atoms with van der Waals surface area (Å²) in [6.07, 6.45) is 1.96. The van der Waals surface area contributed by atoms with E-state index in [1.54, 1.807) is 19.2 Å². The molecule has 0 saturated heterocycles. The minimum Gasteiger partial charge on any atom is -0.478 e. The Bertz CT molecular complexity index is 434. The maximum atomic E-state index is 11.3. The molecule has 0 unspecified atom stereocenters. The molecule has 5 nitrogen and oxygen atoms in total. The van der Waals surface area contributed by atoms with Crippen molar-refractivity contribution in [1.82, 2.24) is 4.57 Å². The molecule has 0 fully saturated rings. The van der Waals surface area contributed by atoms with Crippen LogP contribution in [0.2, 0.25) is 0 Å². The van der Waals surface area contributed by atoms with Crippen LogP contribution >= 0.6 is 0 Å². The lowest BCUT2D eigenvalue weighted by Gasteiger charge is -2.13. The maximum absolute atomic E-state index is 11.3. The Labute approximate surface area is 106 Å². The van der Waals surface area contributed by atoms with Gasteiger partial charge in [-0.25, -0.2) is 4.79 Å². The number of esters is 1. The summed E-state index contributed by atoms with van der Waals surface area (Å²) in [5.74, 6) is -1.11. The molecule has 0 aliphatic rings. The summed E-state index contributed by atoms with van der Waals surface area (Å²) < 4.78 is 6.66. The second kappa shape index (κ2) is 6.23. The predicted octanol–water partition coefficient (Wildman–Crippen LogP) is 2.26. The van der Waals surface area contributed by atoms with E-state index in [2.05, 4.69) is 0 Å². The standard InChI is InChI=1S/C13H19NO4/c1-4-18-11(15)6-8-14-7-5-10(13(16)17)12(14)9(2)3/h5,7,9H,4,6,8H2,1-3H3,(H,16,17). The van der Waals surface area contributed by atoms with Gasteiger partial charge in [-0.1, -0.05) is 13.8 Å². The fourth-order valence-electron chi connectivity index (χ4n) is 1.95. The Balaban J connectivity index is 2.83. The zero-order chi connectivity index (χ0) is 13.7. The number of hydrogen-bond acceptors (Lipinski definition) is 3. The third kappa shape index (κ3) is 3.35. The predicted molar refractivity (Wildman–Crippen MR) is 66.7 cm³/mol. The Morgan fingerprint density at radius 1 is 1.44 bits per heavy atom. The molecule has 0 spiro atoms. The van der Waals surface area contributed by atoms with Gasteiger partial charge in [0, 0.05) is 18.4 Å². The lowest BCUT2D eigenvalue weighted by Crippen LogP contribution is -2.12. The largest absolute Gasteiger partial charge is 0.478 e. The molecule has 0 atom stereocenters. The molecule has 1 aromatic heterocycles. The van der Waals surface area contributed by atoms with Crippen molar-refractivity contribution in [2.45, 2.75) is 39.7 Å². The highest BCUT2D eigenvalue weighted by Crippen LogP contribution is 2.21. The summed E-state index contributed by atoms with van der Waals surface area (Å²) in [5, 5.41) is 9.08. The maximum Gasteiger partial charge on any atom is 0.337 e. The van der Waals surface area contributed by atoms with Crippen molar-refractivity contribution < 1.29 is 19.4 Å². The monoisotopic (exact) mass is 253 g/mol. The highest BCUT2D eigenvalue weighted by molar-refractivity contribution is 5.89. The average molecular weight is 253 g/mol. The highest BCUT2D eigenvalue weighted by Gasteiger charge is 2.18. The average Bonchev–Trinajstić information content (AvgIpc) is 2.70. The van der Waals surface area contributed by atoms with Crippen LogP contribution in [0.3, 0.4) is 0 Å². The number of carbonyl (C=O) groups is 2. The van der Waals surface area contributed by atoms with Gasteiger partial charge in [0.1, 0.15) is 0 Å². The van der Waals surface area contributed by atoms with Crippen molar-refractivity contribution in [3.63, 3.8) is 0 Å². The molecule has 5 heteroatoms. The van der Waals surface area contributed by atoms with E-state index in [1.165, 1.54) is 0 Å². The van der Waals surface area contributed by atoms with Gasteiger partial charge in [-0.3, -0.25) is 4.79 Å². The molecule has 0 saturated carbocycles. The summed E-state index contributed by atoms with van der Waals surface area (Å²) in [6, 6.07) is 1.57. The molecule has 1 heterocycles. The smallest absolute Gasteiger partial charge is 0.337 e. The number of aromatic nitrogens is 1. The zero-order valence-corrected chi connectivity index (χ0v) is 11.0. The number of aromatic carboxylic acids is 1. The molecule has 1 rings (SSSR count). The van der Waals surface area contributed by atoms with Gasteiger partial charge in [-0.2, -0.15) is 0 Å². The Morgan fingerprint density at radius 2 is 2.11 bits per heavy atom. The van der Waals surface area contributed by atoms with Gasteiger partial charge in [0.15, 0.2) is 0 Å². The van der Waals surface area contributed by atoms with Crippen LogP contribution in [-0.2, 0) is 16.1 Å². The van der Waals surface area contributed by atoms with Crippen LogP contribution in [0.25, 0.3) is 0 Å². The van der Waals surface area contributed by atoms with E-state index in [9.17, 15) is 9.59 Å². The lowest BCUT2D eigenvalue weighted by molar-refractivity contribution is -0.143. The molecule has 0 amide bonds. The van der Waals surface area contributed by atoms with Crippen molar-refractivity contribution in [1.29, 1.82) is 0 Å². The molecular formula is C13H19NO4. The molecule has 100 valence electrons. The lowest BCUT2D eigenvalue weighted by atomic mass is 10.1. The van der Waals surface area contributed by atoms with Gasteiger partial charge in [0.2, 0.25) is 0 Å². The number of carboxylic acid groups (broad SMARTS) is 1. The summed E-state index contributed by atoms with van der Waals surface area (Å²) in [7, 11) is 0. The zero-order valence-electron chi connectivity index (χ0n) is 11.0. The molecule has 0 radical (unpaired) electrons. The number of nitrogens with zero attached hydrogens (tertiary/aromatic N) is 1. The first-order valence-electron chi connectivity index (χ1n) is 6.05. The number of carboxylic acids is 1. The minimum atomic E-state index is -0.936. The Morgan fingerprint density at radius 3 is 2.61 bits per heavy atom.